The zero-order valence-corrected chi connectivity index (χ0v) is 16.7. The molecule has 0 aromatic rings. The average Bonchev–Trinajstić information content (AvgIpc) is 2.57. The number of amidine groups is 1. The van der Waals surface area contributed by atoms with E-state index in [2.05, 4.69) is 33.5 Å². The molecule has 0 amide bonds. The third kappa shape index (κ3) is 7.12. The number of nitrogens with zero attached hydrogens (tertiary/aromatic N) is 4. The monoisotopic (exact) mass is 381 g/mol. The molecule has 0 heterocycles. The zero-order valence-electron chi connectivity index (χ0n) is 16.0. The molecule has 0 saturated heterocycles. The molecule has 0 aliphatic heterocycles. The summed E-state index contributed by atoms with van der Waals surface area (Å²) in [5, 5.41) is 2.81. The fourth-order valence-electron chi connectivity index (χ4n) is 2.31. The summed E-state index contributed by atoms with van der Waals surface area (Å²) in [6.07, 6.45) is 5.81. The summed E-state index contributed by atoms with van der Waals surface area (Å²) in [6.45, 7) is 14.2. The molecule has 0 bridgehead atoms. The first-order valence-electron chi connectivity index (χ1n) is 8.62. The van der Waals surface area contributed by atoms with Crippen LogP contribution in [0.3, 0.4) is 0 Å². The van der Waals surface area contributed by atoms with E-state index in [1.54, 1.807) is 30.6 Å². The number of guanidine groups is 1. The van der Waals surface area contributed by atoms with Crippen molar-refractivity contribution >= 4 is 29.7 Å². The highest BCUT2D eigenvalue weighted by molar-refractivity contribution is 6.21. The molecule has 1 N–H and O–H groups in total. The number of hydrogen-bond donors (Lipinski definition) is 1. The summed E-state index contributed by atoms with van der Waals surface area (Å²) in [7, 11) is 1.64. The normalized spacial score (nSPS) is 24.2. The highest BCUT2D eigenvalue weighted by Crippen LogP contribution is 2.20. The van der Waals surface area contributed by atoms with Crippen molar-refractivity contribution in [3.8, 4) is 0 Å². The molecule has 144 valence electrons. The van der Waals surface area contributed by atoms with Crippen molar-refractivity contribution in [1.29, 1.82) is 0 Å². The van der Waals surface area contributed by atoms with Gasteiger partial charge in [-0.15, -0.1) is 11.6 Å². The quantitative estimate of drug-likeness (QED) is 0.328. The van der Waals surface area contributed by atoms with Crippen molar-refractivity contribution in [2.24, 2.45) is 20.9 Å². The summed E-state index contributed by atoms with van der Waals surface area (Å²) in [5.74, 6) is 1.26. The molecule has 0 aromatic heterocycles. The lowest BCUT2D eigenvalue weighted by Crippen LogP contribution is -2.43. The van der Waals surface area contributed by atoms with E-state index >= 15 is 0 Å². The Bertz CT molecular complexity index is 609. The molecule has 0 saturated carbocycles. The smallest absolute Gasteiger partial charge is 0.219 e. The lowest BCUT2D eigenvalue weighted by molar-refractivity contribution is 0.351. The van der Waals surface area contributed by atoms with Crippen LogP contribution in [0.1, 0.15) is 27.2 Å². The third-order valence-electron chi connectivity index (χ3n) is 3.64. The van der Waals surface area contributed by atoms with Gasteiger partial charge in [-0.25, -0.2) is 4.39 Å². The molecule has 0 spiro atoms. The summed E-state index contributed by atoms with van der Waals surface area (Å²) < 4.78 is 13.4. The van der Waals surface area contributed by atoms with Crippen molar-refractivity contribution in [1.82, 2.24) is 10.2 Å². The molecule has 0 fully saturated rings. The van der Waals surface area contributed by atoms with Crippen molar-refractivity contribution in [3.63, 3.8) is 0 Å². The van der Waals surface area contributed by atoms with Crippen LogP contribution in [0.25, 0.3) is 0 Å². The molecular weight excluding hydrogens is 353 g/mol. The maximum atomic E-state index is 13.4. The van der Waals surface area contributed by atoms with Gasteiger partial charge in [0, 0.05) is 25.6 Å². The SMILES string of the molecule is C=CN(C=NCC(=C)C)C(=NC(=NC)NC1C=CC(F)CC1Cl)C(C)C. The molecular formula is C19H29ClFN5. The maximum Gasteiger partial charge on any atom is 0.219 e. The van der Waals surface area contributed by atoms with E-state index in [0.717, 1.165) is 11.4 Å². The van der Waals surface area contributed by atoms with Crippen LogP contribution in [0.2, 0.25) is 0 Å². The van der Waals surface area contributed by atoms with Gasteiger partial charge in [-0.2, -0.15) is 4.99 Å². The Kier molecular flexibility index (Phi) is 9.27. The number of halogens is 2. The minimum atomic E-state index is -1.01. The largest absolute Gasteiger partial charge is 0.347 e. The molecule has 1 aliphatic carbocycles. The zero-order chi connectivity index (χ0) is 19.7. The molecule has 26 heavy (non-hydrogen) atoms. The minimum Gasteiger partial charge on any atom is -0.347 e. The lowest BCUT2D eigenvalue weighted by atomic mass is 10.0. The van der Waals surface area contributed by atoms with Gasteiger partial charge in [0.05, 0.1) is 24.3 Å². The Morgan fingerprint density at radius 3 is 2.65 bits per heavy atom. The van der Waals surface area contributed by atoms with E-state index in [-0.39, 0.29) is 23.8 Å². The average molecular weight is 382 g/mol. The Morgan fingerprint density at radius 2 is 2.15 bits per heavy atom. The first kappa shape index (κ1) is 22.1. The number of allylic oxidation sites excluding steroid dienone is 1. The van der Waals surface area contributed by atoms with E-state index in [0.29, 0.717) is 12.5 Å². The topological polar surface area (TPSA) is 52.4 Å². The van der Waals surface area contributed by atoms with E-state index in [1.165, 1.54) is 6.08 Å². The Balaban J connectivity index is 2.99. The molecule has 1 rings (SSSR count). The number of nitrogens with one attached hydrogen (secondary N) is 1. The number of hydrogen-bond acceptors (Lipinski definition) is 2. The second kappa shape index (κ2) is 10.9. The Labute approximate surface area is 161 Å². The van der Waals surface area contributed by atoms with Crippen LogP contribution in [0.5, 0.6) is 0 Å². The van der Waals surface area contributed by atoms with Crippen LogP contribution in [0.4, 0.5) is 4.39 Å². The van der Waals surface area contributed by atoms with Gasteiger partial charge in [0.2, 0.25) is 5.96 Å². The summed E-state index contributed by atoms with van der Waals surface area (Å²) in [6, 6.07) is -0.228. The van der Waals surface area contributed by atoms with Crippen molar-refractivity contribution < 1.29 is 4.39 Å². The minimum absolute atomic E-state index is 0.103. The number of aliphatic imine (C=N–C) groups is 3. The molecule has 1 aliphatic rings. The molecule has 0 radical (unpaired) electrons. The van der Waals surface area contributed by atoms with Crippen molar-refractivity contribution in [3.05, 3.63) is 37.1 Å². The van der Waals surface area contributed by atoms with E-state index in [1.807, 2.05) is 20.8 Å². The van der Waals surface area contributed by atoms with Crippen LogP contribution in [-0.2, 0) is 0 Å². The van der Waals surface area contributed by atoms with E-state index < -0.39 is 6.17 Å². The first-order chi connectivity index (χ1) is 12.3. The van der Waals surface area contributed by atoms with E-state index in [9.17, 15) is 4.39 Å². The van der Waals surface area contributed by atoms with Gasteiger partial charge >= 0.3 is 0 Å². The lowest BCUT2D eigenvalue weighted by Gasteiger charge is -2.26. The van der Waals surface area contributed by atoms with Gasteiger partial charge < -0.3 is 5.32 Å². The van der Waals surface area contributed by atoms with Gasteiger partial charge in [0.25, 0.3) is 0 Å². The molecule has 3 atom stereocenters. The van der Waals surface area contributed by atoms with Crippen LogP contribution in [-0.4, -0.2) is 54.2 Å². The Morgan fingerprint density at radius 1 is 1.46 bits per heavy atom. The van der Waals surface area contributed by atoms with Crippen LogP contribution < -0.4 is 5.32 Å². The summed E-state index contributed by atoms with van der Waals surface area (Å²) in [5.41, 5.74) is 0.967. The van der Waals surface area contributed by atoms with Crippen LogP contribution >= 0.6 is 11.6 Å². The second-order valence-electron chi connectivity index (χ2n) is 6.50. The molecule has 7 heteroatoms. The highest BCUT2D eigenvalue weighted by Gasteiger charge is 2.25. The molecule has 0 aromatic carbocycles. The van der Waals surface area contributed by atoms with Crippen LogP contribution in [0, 0.1) is 5.92 Å². The Hall–Kier alpha value is -1.95. The van der Waals surface area contributed by atoms with Crippen molar-refractivity contribution in [2.45, 2.75) is 44.8 Å². The predicted octanol–water partition coefficient (Wildman–Crippen LogP) is 3.94. The molecule has 3 unspecified atom stereocenters. The standard InChI is InChI=1S/C19H29ClFN5/c1-7-26(12-23-11-13(2)3)18(14(4)5)25-19(22-6)24-17-9-8-15(21)10-16(17)20/h7-9,12,14-17H,1-2,10-11H2,3-6H3,(H,22,24). The van der Waals surface area contributed by atoms with Crippen molar-refractivity contribution in [2.75, 3.05) is 13.6 Å². The van der Waals surface area contributed by atoms with E-state index in [4.69, 9.17) is 11.6 Å². The maximum absolute atomic E-state index is 13.4. The van der Waals surface area contributed by atoms with Gasteiger partial charge in [0.15, 0.2) is 0 Å². The summed E-state index contributed by atoms with van der Waals surface area (Å²) in [4.78, 5) is 14.9. The third-order valence-corrected chi connectivity index (χ3v) is 4.09. The molecule has 5 nitrogen and oxygen atoms in total. The van der Waals surface area contributed by atoms with Gasteiger partial charge in [0.1, 0.15) is 12.0 Å². The highest BCUT2D eigenvalue weighted by atomic mass is 35.5. The predicted molar refractivity (Wildman–Crippen MR) is 111 cm³/mol. The number of alkyl halides is 2. The second-order valence-corrected chi connectivity index (χ2v) is 7.06. The fraction of sp³-hybridized carbons (Fsp3) is 0.526. The van der Waals surface area contributed by atoms with Gasteiger partial charge in [-0.3, -0.25) is 14.9 Å². The van der Waals surface area contributed by atoms with Gasteiger partial charge in [-0.05, 0) is 6.92 Å². The van der Waals surface area contributed by atoms with Gasteiger partial charge in [-0.1, -0.05) is 44.7 Å². The fourth-order valence-corrected chi connectivity index (χ4v) is 2.63. The number of rotatable bonds is 6. The summed E-state index contributed by atoms with van der Waals surface area (Å²) >= 11 is 6.25. The van der Waals surface area contributed by atoms with Crippen LogP contribution in [0.15, 0.2) is 52.1 Å². The first-order valence-corrected chi connectivity index (χ1v) is 9.05.